The Balaban J connectivity index is 2.31. The van der Waals surface area contributed by atoms with Crippen molar-refractivity contribution >= 4 is 52.2 Å². The second kappa shape index (κ2) is 19.3. The molecule has 0 spiro atoms. The molecule has 0 bridgehead atoms. The zero-order valence-corrected chi connectivity index (χ0v) is 25.3. The number of rotatable bonds is 18. The largest absolute Gasteiger partial charge is 0.469 e. The fourth-order valence-electron chi connectivity index (χ4n) is 3.70. The minimum Gasteiger partial charge on any atom is -0.469 e. The molecule has 0 aliphatic carbocycles. The van der Waals surface area contributed by atoms with E-state index in [1.807, 2.05) is 38.1 Å². The molecule has 0 radical (unpaired) electrons. The summed E-state index contributed by atoms with van der Waals surface area (Å²) in [5.41, 5.74) is 1.02. The molecule has 2 atom stereocenters. The van der Waals surface area contributed by atoms with E-state index in [1.54, 1.807) is 0 Å². The van der Waals surface area contributed by atoms with Crippen LogP contribution >= 0.6 is 22.6 Å². The van der Waals surface area contributed by atoms with Crippen LogP contribution in [0.3, 0.4) is 0 Å². The van der Waals surface area contributed by atoms with Crippen LogP contribution in [0.5, 0.6) is 0 Å². The number of methoxy groups -OCH3 is 1. The summed E-state index contributed by atoms with van der Waals surface area (Å²) in [6.45, 7) is 5.03. The molecular weight excluding hydrogens is 619 g/mol. The Morgan fingerprint density at radius 3 is 2.21 bits per heavy atom. The van der Waals surface area contributed by atoms with Gasteiger partial charge in [0.15, 0.2) is 0 Å². The number of carbonyl (C=O) groups is 5. The predicted molar refractivity (Wildman–Crippen MR) is 154 cm³/mol. The summed E-state index contributed by atoms with van der Waals surface area (Å²) in [4.78, 5) is 60.9. The first kappa shape index (κ1) is 34.3. The van der Waals surface area contributed by atoms with Crippen molar-refractivity contribution < 1.29 is 33.4 Å². The summed E-state index contributed by atoms with van der Waals surface area (Å²) in [6, 6.07) is 6.95. The van der Waals surface area contributed by atoms with Crippen LogP contribution in [-0.4, -0.2) is 69.6 Å². The number of likely N-dealkylation sites (N-methyl/N-ethyl adjacent to an activating group) is 1. The highest BCUT2D eigenvalue weighted by Gasteiger charge is 2.27. The molecule has 11 nitrogen and oxygen atoms in total. The molecule has 0 aromatic heterocycles. The lowest BCUT2D eigenvalue weighted by atomic mass is 9.93. The van der Waals surface area contributed by atoms with Crippen LogP contribution in [0, 0.1) is 15.4 Å². The average Bonchev–Trinajstić information content (AvgIpc) is 2.90. The SMILES string of the molecule is CNC(=O)[C@H](CCC(=O)NCCOCCC(=O)NCc1ccc(I)cc1)NC(=O)C[C@@H](CC(C)C)C(=O)OC. The third-order valence-electron chi connectivity index (χ3n) is 5.73. The van der Waals surface area contributed by atoms with Crippen LogP contribution in [0.25, 0.3) is 0 Å². The monoisotopic (exact) mass is 660 g/mol. The Morgan fingerprint density at radius 2 is 1.59 bits per heavy atom. The van der Waals surface area contributed by atoms with Crippen molar-refractivity contribution in [1.82, 2.24) is 21.3 Å². The molecule has 1 aromatic carbocycles. The highest BCUT2D eigenvalue weighted by atomic mass is 127. The lowest BCUT2D eigenvalue weighted by molar-refractivity contribution is -0.148. The number of hydrogen-bond acceptors (Lipinski definition) is 7. The van der Waals surface area contributed by atoms with Gasteiger partial charge in [-0.25, -0.2) is 0 Å². The van der Waals surface area contributed by atoms with Crippen molar-refractivity contribution in [3.63, 3.8) is 0 Å². The van der Waals surface area contributed by atoms with Gasteiger partial charge in [0.1, 0.15) is 6.04 Å². The highest BCUT2D eigenvalue weighted by Crippen LogP contribution is 2.17. The van der Waals surface area contributed by atoms with Crippen molar-refractivity contribution in [1.29, 1.82) is 0 Å². The fourth-order valence-corrected chi connectivity index (χ4v) is 4.06. The third kappa shape index (κ3) is 15.4. The van der Waals surface area contributed by atoms with Gasteiger partial charge in [-0.05, 0) is 59.0 Å². The van der Waals surface area contributed by atoms with E-state index in [1.165, 1.54) is 14.2 Å². The third-order valence-corrected chi connectivity index (χ3v) is 6.44. The van der Waals surface area contributed by atoms with Gasteiger partial charge in [-0.2, -0.15) is 0 Å². The van der Waals surface area contributed by atoms with Crippen LogP contribution in [-0.2, 0) is 40.0 Å². The number of benzene rings is 1. The van der Waals surface area contributed by atoms with E-state index in [9.17, 15) is 24.0 Å². The van der Waals surface area contributed by atoms with E-state index in [-0.39, 0.29) is 63.2 Å². The summed E-state index contributed by atoms with van der Waals surface area (Å²) < 4.78 is 11.3. The van der Waals surface area contributed by atoms with Crippen LogP contribution in [0.4, 0.5) is 0 Å². The van der Waals surface area contributed by atoms with E-state index >= 15 is 0 Å². The second-order valence-corrected chi connectivity index (χ2v) is 10.7. The summed E-state index contributed by atoms with van der Waals surface area (Å²) >= 11 is 2.22. The molecule has 4 amide bonds. The van der Waals surface area contributed by atoms with Crippen LogP contribution in [0.2, 0.25) is 0 Å². The van der Waals surface area contributed by atoms with E-state index in [0.29, 0.717) is 13.0 Å². The Hall–Kier alpha value is -2.74. The van der Waals surface area contributed by atoms with Gasteiger partial charge < -0.3 is 30.7 Å². The highest BCUT2D eigenvalue weighted by molar-refractivity contribution is 14.1. The van der Waals surface area contributed by atoms with Gasteiger partial charge in [0.2, 0.25) is 23.6 Å². The molecule has 0 saturated heterocycles. The number of esters is 1. The first-order valence-corrected chi connectivity index (χ1v) is 14.1. The minimum absolute atomic E-state index is 0.00569. The Kier molecular flexibility index (Phi) is 17.0. The van der Waals surface area contributed by atoms with Crippen molar-refractivity contribution in [3.05, 3.63) is 33.4 Å². The van der Waals surface area contributed by atoms with Crippen molar-refractivity contribution in [2.75, 3.05) is 33.9 Å². The normalized spacial score (nSPS) is 12.3. The van der Waals surface area contributed by atoms with Crippen LogP contribution in [0.1, 0.15) is 51.5 Å². The average molecular weight is 661 g/mol. The minimum atomic E-state index is -0.917. The van der Waals surface area contributed by atoms with Crippen LogP contribution < -0.4 is 21.3 Å². The molecule has 0 fully saturated rings. The smallest absolute Gasteiger partial charge is 0.309 e. The molecule has 1 aromatic rings. The lowest BCUT2D eigenvalue weighted by Crippen LogP contribution is -2.47. The van der Waals surface area contributed by atoms with Crippen LogP contribution in [0.15, 0.2) is 24.3 Å². The van der Waals surface area contributed by atoms with Gasteiger partial charge in [-0.1, -0.05) is 26.0 Å². The molecule has 0 aliphatic rings. The molecule has 0 saturated carbocycles. The fraction of sp³-hybridized carbons (Fsp3) is 0.593. The molecule has 12 heteroatoms. The second-order valence-electron chi connectivity index (χ2n) is 9.44. The maximum atomic E-state index is 12.5. The Morgan fingerprint density at radius 1 is 0.923 bits per heavy atom. The van der Waals surface area contributed by atoms with Gasteiger partial charge in [0.05, 0.1) is 26.2 Å². The number of nitrogens with one attached hydrogen (secondary N) is 4. The predicted octanol–water partition coefficient (Wildman–Crippen LogP) is 1.67. The first-order valence-electron chi connectivity index (χ1n) is 13.0. The summed E-state index contributed by atoms with van der Waals surface area (Å²) in [5.74, 6) is -2.21. The first-order chi connectivity index (χ1) is 18.5. The topological polar surface area (TPSA) is 152 Å². The lowest BCUT2D eigenvalue weighted by Gasteiger charge is -2.20. The molecule has 218 valence electrons. The van der Waals surface area contributed by atoms with Crippen molar-refractivity contribution in [2.45, 2.75) is 58.5 Å². The number of amides is 4. The van der Waals surface area contributed by atoms with Gasteiger partial charge in [0.25, 0.3) is 0 Å². The van der Waals surface area contributed by atoms with E-state index in [0.717, 1.165) is 9.13 Å². The van der Waals surface area contributed by atoms with Gasteiger partial charge >= 0.3 is 5.97 Å². The molecule has 0 aliphatic heterocycles. The van der Waals surface area contributed by atoms with E-state index in [4.69, 9.17) is 9.47 Å². The molecule has 0 heterocycles. The molecule has 0 unspecified atom stereocenters. The maximum Gasteiger partial charge on any atom is 0.309 e. The van der Waals surface area contributed by atoms with Crippen molar-refractivity contribution in [3.8, 4) is 0 Å². The zero-order chi connectivity index (χ0) is 29.2. The maximum absolute atomic E-state index is 12.5. The standard InChI is InChI=1S/C27H41IN4O7/c1-18(2)15-20(27(37)38-4)16-25(35)32-22(26(36)29-3)9-10-23(33)30-12-14-39-13-11-24(34)31-17-19-5-7-21(28)8-6-19/h5-8,18,20,22H,9-17H2,1-4H3,(H,29,36)(H,30,33)(H,31,34)(H,32,35)/t20-,22+/m1/s1. The van der Waals surface area contributed by atoms with Gasteiger partial charge in [-0.3, -0.25) is 24.0 Å². The Bertz CT molecular complexity index is 941. The number of halogens is 1. The molecule has 1 rings (SSSR count). The van der Waals surface area contributed by atoms with Gasteiger partial charge in [0, 0.05) is 43.0 Å². The Labute approximate surface area is 244 Å². The summed E-state index contributed by atoms with van der Waals surface area (Å²) in [5, 5.41) is 10.6. The number of carbonyl (C=O) groups excluding carboxylic acids is 5. The quantitative estimate of drug-likeness (QED) is 0.106. The molecule has 4 N–H and O–H groups in total. The van der Waals surface area contributed by atoms with E-state index in [2.05, 4.69) is 43.9 Å². The zero-order valence-electron chi connectivity index (χ0n) is 23.1. The number of hydrogen-bond donors (Lipinski definition) is 4. The van der Waals surface area contributed by atoms with Crippen molar-refractivity contribution in [2.24, 2.45) is 11.8 Å². The van der Waals surface area contributed by atoms with Gasteiger partial charge in [-0.15, -0.1) is 0 Å². The molecular formula is C27H41IN4O7. The summed E-state index contributed by atoms with van der Waals surface area (Å²) in [6.07, 6.45) is 0.677. The number of ether oxygens (including phenoxy) is 2. The molecule has 39 heavy (non-hydrogen) atoms. The van der Waals surface area contributed by atoms with E-state index < -0.39 is 29.7 Å². The summed E-state index contributed by atoms with van der Waals surface area (Å²) in [7, 11) is 2.71.